The molecule has 0 atom stereocenters. The molecule has 1 saturated carbocycles. The van der Waals surface area contributed by atoms with E-state index in [2.05, 4.69) is 9.88 Å². The van der Waals surface area contributed by atoms with Gasteiger partial charge >= 0.3 is 0 Å². The Morgan fingerprint density at radius 3 is 2.58 bits per heavy atom. The van der Waals surface area contributed by atoms with E-state index in [9.17, 15) is 4.79 Å². The summed E-state index contributed by atoms with van der Waals surface area (Å²) in [5.74, 6) is 0.876. The number of aliphatic hydroxyl groups is 1. The van der Waals surface area contributed by atoms with Crippen LogP contribution in [0.1, 0.15) is 48.3 Å². The van der Waals surface area contributed by atoms with Gasteiger partial charge in [-0.3, -0.25) is 9.69 Å². The number of rotatable bonds is 15. The Hall–Kier alpha value is -1.34. The number of carbonyl (C=O) groups excluding carboxylic acids is 1. The lowest BCUT2D eigenvalue weighted by atomic mass is 9.83. The Kier molecular flexibility index (Phi) is 10.4. The summed E-state index contributed by atoms with van der Waals surface area (Å²) < 4.78 is 11.4. The highest BCUT2D eigenvalue weighted by Gasteiger charge is 2.16. The van der Waals surface area contributed by atoms with E-state index in [0.717, 1.165) is 37.6 Å². The third kappa shape index (κ3) is 8.36. The second-order valence-corrected chi connectivity index (χ2v) is 6.84. The molecule has 0 amide bonds. The molecule has 1 N–H and O–H groups in total. The van der Waals surface area contributed by atoms with Crippen LogP contribution >= 0.6 is 0 Å². The van der Waals surface area contributed by atoms with Crippen molar-refractivity contribution in [1.82, 2.24) is 9.88 Å². The predicted molar refractivity (Wildman–Crippen MR) is 100 cm³/mol. The number of pyridine rings is 1. The Bertz CT molecular complexity index is 508. The van der Waals surface area contributed by atoms with Gasteiger partial charge in [0.1, 0.15) is 5.69 Å². The quantitative estimate of drug-likeness (QED) is 0.380. The zero-order valence-electron chi connectivity index (χ0n) is 15.6. The maximum absolute atomic E-state index is 10.9. The fourth-order valence-electron chi connectivity index (χ4n) is 2.94. The smallest absolute Gasteiger partial charge is 0.168 e. The van der Waals surface area contributed by atoms with Crippen LogP contribution in [0.15, 0.2) is 18.2 Å². The van der Waals surface area contributed by atoms with Crippen molar-refractivity contribution in [2.45, 2.75) is 38.6 Å². The van der Waals surface area contributed by atoms with Crippen LogP contribution in [-0.4, -0.2) is 67.4 Å². The fraction of sp³-hybridized carbons (Fsp3) is 0.700. The van der Waals surface area contributed by atoms with Crippen molar-refractivity contribution < 1.29 is 19.4 Å². The van der Waals surface area contributed by atoms with Crippen LogP contribution in [-0.2, 0) is 16.0 Å². The number of ether oxygens (including phenoxy) is 2. The van der Waals surface area contributed by atoms with Crippen LogP contribution in [0.2, 0.25) is 0 Å². The summed E-state index contributed by atoms with van der Waals surface area (Å²) >= 11 is 0. The maximum atomic E-state index is 10.9. The number of nitrogens with zero attached hydrogens (tertiary/aromatic N) is 2. The molecule has 1 aromatic heterocycles. The van der Waals surface area contributed by atoms with Gasteiger partial charge in [-0.15, -0.1) is 0 Å². The number of aromatic nitrogens is 1. The van der Waals surface area contributed by atoms with Crippen LogP contribution in [0.25, 0.3) is 0 Å². The monoisotopic (exact) mass is 364 g/mol. The number of aliphatic hydroxyl groups excluding tert-OH is 1. The lowest BCUT2D eigenvalue weighted by molar-refractivity contribution is 0.0596. The molecule has 1 aliphatic carbocycles. The minimum absolute atomic E-state index is 0.154. The first-order valence-corrected chi connectivity index (χ1v) is 9.71. The fourth-order valence-corrected chi connectivity index (χ4v) is 2.94. The molecule has 6 heteroatoms. The summed E-state index contributed by atoms with van der Waals surface area (Å²) in [7, 11) is 0. The molecule has 1 heterocycles. The summed E-state index contributed by atoms with van der Waals surface area (Å²) in [6, 6.07) is 5.50. The van der Waals surface area contributed by atoms with E-state index >= 15 is 0 Å². The molecule has 0 unspecified atom stereocenters. The Labute approximate surface area is 156 Å². The Morgan fingerprint density at radius 1 is 1.15 bits per heavy atom. The molecule has 0 aromatic carbocycles. The highest BCUT2D eigenvalue weighted by Crippen LogP contribution is 2.29. The van der Waals surface area contributed by atoms with Crippen LogP contribution in [0.5, 0.6) is 0 Å². The van der Waals surface area contributed by atoms with E-state index in [4.69, 9.17) is 14.6 Å². The summed E-state index contributed by atoms with van der Waals surface area (Å²) in [5.41, 5.74) is 1.33. The van der Waals surface area contributed by atoms with Gasteiger partial charge in [-0.25, -0.2) is 4.98 Å². The van der Waals surface area contributed by atoms with E-state index in [1.165, 1.54) is 25.7 Å². The number of hydrogen-bond acceptors (Lipinski definition) is 6. The molecular formula is C20H32N2O4. The van der Waals surface area contributed by atoms with Gasteiger partial charge < -0.3 is 14.6 Å². The standard InChI is InChI=1S/C20H32N2O4/c23-11-3-12-25-14-9-22(10-15-26-13-8-18-4-1-5-18)16-19-6-2-7-20(17-24)21-19/h2,6-7,17-18,23H,1,3-5,8-16H2. The van der Waals surface area contributed by atoms with E-state index < -0.39 is 0 Å². The van der Waals surface area contributed by atoms with Gasteiger partial charge in [0.2, 0.25) is 0 Å². The van der Waals surface area contributed by atoms with Gasteiger partial charge in [0, 0.05) is 39.5 Å². The molecular weight excluding hydrogens is 332 g/mol. The highest BCUT2D eigenvalue weighted by atomic mass is 16.5. The second kappa shape index (κ2) is 12.9. The molecule has 0 spiro atoms. The first-order chi connectivity index (χ1) is 12.8. The van der Waals surface area contributed by atoms with E-state index in [1.807, 2.05) is 12.1 Å². The van der Waals surface area contributed by atoms with Gasteiger partial charge in [-0.2, -0.15) is 0 Å². The molecule has 0 radical (unpaired) electrons. The van der Waals surface area contributed by atoms with E-state index in [0.29, 0.717) is 38.5 Å². The van der Waals surface area contributed by atoms with Crippen molar-refractivity contribution in [2.24, 2.45) is 5.92 Å². The summed E-state index contributed by atoms with van der Waals surface area (Å²) in [4.78, 5) is 17.5. The van der Waals surface area contributed by atoms with Crippen LogP contribution in [0, 0.1) is 5.92 Å². The van der Waals surface area contributed by atoms with Gasteiger partial charge in [-0.05, 0) is 30.9 Å². The van der Waals surface area contributed by atoms with Crippen molar-refractivity contribution >= 4 is 6.29 Å². The van der Waals surface area contributed by atoms with E-state index in [1.54, 1.807) is 6.07 Å². The van der Waals surface area contributed by atoms with Gasteiger partial charge in [0.25, 0.3) is 0 Å². The van der Waals surface area contributed by atoms with Crippen molar-refractivity contribution in [1.29, 1.82) is 0 Å². The maximum Gasteiger partial charge on any atom is 0.168 e. The van der Waals surface area contributed by atoms with Crippen molar-refractivity contribution in [2.75, 3.05) is 46.1 Å². The summed E-state index contributed by atoms with van der Waals surface area (Å²) in [5, 5.41) is 8.80. The summed E-state index contributed by atoms with van der Waals surface area (Å²) in [6.45, 7) is 5.10. The summed E-state index contributed by atoms with van der Waals surface area (Å²) in [6.07, 6.45) is 6.70. The molecule has 1 aliphatic rings. The third-order valence-corrected chi connectivity index (χ3v) is 4.78. The van der Waals surface area contributed by atoms with Crippen molar-refractivity contribution in [3.8, 4) is 0 Å². The number of carbonyl (C=O) groups is 1. The molecule has 0 bridgehead atoms. The van der Waals surface area contributed by atoms with Crippen molar-refractivity contribution in [3.63, 3.8) is 0 Å². The predicted octanol–water partition coefficient (Wildman–Crippen LogP) is 2.30. The van der Waals surface area contributed by atoms with Crippen LogP contribution < -0.4 is 0 Å². The molecule has 146 valence electrons. The molecule has 1 aromatic rings. The van der Waals surface area contributed by atoms with Gasteiger partial charge in [-0.1, -0.05) is 25.3 Å². The lowest BCUT2D eigenvalue weighted by Gasteiger charge is -2.25. The number of aldehydes is 1. The third-order valence-electron chi connectivity index (χ3n) is 4.78. The van der Waals surface area contributed by atoms with Gasteiger partial charge in [0.15, 0.2) is 6.29 Å². The molecule has 0 saturated heterocycles. The zero-order chi connectivity index (χ0) is 18.5. The van der Waals surface area contributed by atoms with Crippen LogP contribution in [0.3, 0.4) is 0 Å². The second-order valence-electron chi connectivity index (χ2n) is 6.84. The minimum Gasteiger partial charge on any atom is -0.396 e. The first-order valence-electron chi connectivity index (χ1n) is 9.71. The lowest BCUT2D eigenvalue weighted by Crippen LogP contribution is -2.31. The Balaban J connectivity index is 1.72. The molecule has 2 rings (SSSR count). The van der Waals surface area contributed by atoms with E-state index in [-0.39, 0.29) is 6.61 Å². The minimum atomic E-state index is 0.154. The highest BCUT2D eigenvalue weighted by molar-refractivity contribution is 5.71. The SMILES string of the molecule is O=Cc1cccc(CN(CCOCCCO)CCOCCC2CCC2)n1. The molecule has 26 heavy (non-hydrogen) atoms. The molecule has 0 aliphatic heterocycles. The van der Waals surface area contributed by atoms with Gasteiger partial charge in [0.05, 0.1) is 18.9 Å². The number of hydrogen-bond donors (Lipinski definition) is 1. The molecule has 6 nitrogen and oxygen atoms in total. The first kappa shape index (κ1) is 21.0. The largest absolute Gasteiger partial charge is 0.396 e. The molecule has 1 fully saturated rings. The topological polar surface area (TPSA) is 71.9 Å². The van der Waals surface area contributed by atoms with Crippen LogP contribution in [0.4, 0.5) is 0 Å². The normalized spacial score (nSPS) is 14.5. The zero-order valence-corrected chi connectivity index (χ0v) is 15.6. The average Bonchev–Trinajstić information content (AvgIpc) is 2.62. The van der Waals surface area contributed by atoms with Crippen molar-refractivity contribution in [3.05, 3.63) is 29.6 Å². The Morgan fingerprint density at radius 2 is 1.92 bits per heavy atom. The average molecular weight is 364 g/mol.